The van der Waals surface area contributed by atoms with Crippen molar-refractivity contribution in [1.82, 2.24) is 24.8 Å². The van der Waals surface area contributed by atoms with Crippen LogP contribution in [0.4, 0.5) is 0 Å². The third kappa shape index (κ3) is 4.46. The fourth-order valence-electron chi connectivity index (χ4n) is 4.21. The summed E-state index contributed by atoms with van der Waals surface area (Å²) >= 11 is 7.51. The zero-order chi connectivity index (χ0) is 23.1. The zero-order valence-corrected chi connectivity index (χ0v) is 20.2. The monoisotopic (exact) mass is 487 g/mol. The average molecular weight is 488 g/mol. The number of aromatic amines is 1. The van der Waals surface area contributed by atoms with Crippen LogP contribution >= 0.6 is 23.4 Å². The molecule has 170 valence electrons. The van der Waals surface area contributed by atoms with Crippen molar-refractivity contribution in [2.24, 2.45) is 0 Å². The molecule has 6 nitrogen and oxygen atoms in total. The van der Waals surface area contributed by atoms with Gasteiger partial charge in [0.1, 0.15) is 5.76 Å². The molecule has 2 aromatic carbocycles. The average Bonchev–Trinajstić information content (AvgIpc) is 3.45. The number of aryl methyl sites for hydroxylation is 1. The molecule has 0 amide bonds. The minimum absolute atomic E-state index is 0.713. The van der Waals surface area contributed by atoms with Crippen molar-refractivity contribution in [1.29, 1.82) is 0 Å². The van der Waals surface area contributed by atoms with E-state index in [1.54, 1.807) is 0 Å². The van der Waals surface area contributed by atoms with Crippen molar-refractivity contribution in [2.45, 2.75) is 36.7 Å². The Balaban J connectivity index is 1.11. The molecule has 34 heavy (non-hydrogen) atoms. The Bertz CT molecular complexity index is 1480. The van der Waals surface area contributed by atoms with Gasteiger partial charge in [0, 0.05) is 41.9 Å². The molecule has 0 radical (unpaired) electrons. The van der Waals surface area contributed by atoms with Crippen molar-refractivity contribution in [3.63, 3.8) is 0 Å². The van der Waals surface area contributed by atoms with Gasteiger partial charge in [-0.2, -0.15) is 0 Å². The van der Waals surface area contributed by atoms with Crippen molar-refractivity contribution < 1.29 is 4.42 Å². The molecule has 3 aromatic heterocycles. The van der Waals surface area contributed by atoms with Gasteiger partial charge in [0.2, 0.25) is 0 Å². The molecule has 4 heterocycles. The second-order valence-corrected chi connectivity index (χ2v) is 9.95. The van der Waals surface area contributed by atoms with Crippen LogP contribution in [0.3, 0.4) is 0 Å². The lowest BCUT2D eigenvalue weighted by Crippen LogP contribution is -2.30. The van der Waals surface area contributed by atoms with E-state index in [-0.39, 0.29) is 0 Å². The van der Waals surface area contributed by atoms with Gasteiger partial charge >= 0.3 is 0 Å². The van der Waals surface area contributed by atoms with Gasteiger partial charge in [0.05, 0.1) is 23.3 Å². The molecule has 0 saturated heterocycles. The van der Waals surface area contributed by atoms with Gasteiger partial charge in [-0.25, -0.2) is 15.0 Å². The van der Waals surface area contributed by atoms with Crippen LogP contribution in [0.1, 0.15) is 22.6 Å². The number of nitrogens with zero attached hydrogens (tertiary/aromatic N) is 4. The smallest absolute Gasteiger partial charge is 0.174 e. The van der Waals surface area contributed by atoms with Crippen LogP contribution in [-0.2, 0) is 19.5 Å². The Morgan fingerprint density at radius 2 is 1.97 bits per heavy atom. The molecule has 6 rings (SSSR count). The molecule has 1 N–H and O–H groups in total. The Morgan fingerprint density at radius 1 is 1.09 bits per heavy atom. The van der Waals surface area contributed by atoms with Crippen molar-refractivity contribution >= 4 is 34.4 Å². The van der Waals surface area contributed by atoms with Gasteiger partial charge < -0.3 is 9.40 Å². The van der Waals surface area contributed by atoms with Gasteiger partial charge in [-0.1, -0.05) is 17.7 Å². The van der Waals surface area contributed by atoms with Gasteiger partial charge in [0.25, 0.3) is 0 Å². The maximum absolute atomic E-state index is 6.10. The van der Waals surface area contributed by atoms with E-state index in [1.165, 1.54) is 22.9 Å². The number of rotatable bonds is 5. The van der Waals surface area contributed by atoms with Crippen LogP contribution in [-0.4, -0.2) is 31.4 Å². The minimum atomic E-state index is 0.713. The molecular weight excluding hydrogens is 466 g/mol. The number of H-pyrrole nitrogens is 1. The summed E-state index contributed by atoms with van der Waals surface area (Å²) in [5, 5.41) is 2.38. The summed E-state index contributed by atoms with van der Waals surface area (Å²) in [4.78, 5) is 19.8. The van der Waals surface area contributed by atoms with E-state index in [9.17, 15) is 0 Å². The summed E-state index contributed by atoms with van der Waals surface area (Å²) in [6.07, 6.45) is 2.84. The molecule has 1 aliphatic heterocycles. The number of hydrogen-bond acceptors (Lipinski definition) is 6. The molecule has 0 aliphatic carbocycles. The first-order chi connectivity index (χ1) is 16.6. The third-order valence-corrected chi connectivity index (χ3v) is 7.00. The SMILES string of the molecule is Cc1ccc2nc(Sc3ccc(CN4CCc5nc(-c6ccc(Cl)cc6)ncc5C4)o3)[nH]c2c1. The van der Waals surface area contributed by atoms with E-state index < -0.39 is 0 Å². The van der Waals surface area contributed by atoms with Crippen LogP contribution in [0.2, 0.25) is 5.02 Å². The van der Waals surface area contributed by atoms with E-state index in [0.29, 0.717) is 5.02 Å². The van der Waals surface area contributed by atoms with E-state index in [4.69, 9.17) is 21.0 Å². The lowest BCUT2D eigenvalue weighted by Gasteiger charge is -2.27. The Hall–Kier alpha value is -3.13. The second kappa shape index (κ2) is 8.91. The molecule has 5 aromatic rings. The third-order valence-electron chi connectivity index (χ3n) is 5.94. The molecule has 8 heteroatoms. The predicted molar refractivity (Wildman–Crippen MR) is 134 cm³/mol. The number of hydrogen-bond donors (Lipinski definition) is 1. The van der Waals surface area contributed by atoms with Crippen LogP contribution in [0.5, 0.6) is 0 Å². The largest absolute Gasteiger partial charge is 0.453 e. The lowest BCUT2D eigenvalue weighted by atomic mass is 10.1. The second-order valence-electron chi connectivity index (χ2n) is 8.52. The fraction of sp³-hybridized carbons (Fsp3) is 0.192. The summed E-state index contributed by atoms with van der Waals surface area (Å²) in [6, 6.07) is 17.9. The van der Waals surface area contributed by atoms with E-state index >= 15 is 0 Å². The number of aromatic nitrogens is 4. The van der Waals surface area contributed by atoms with Crippen LogP contribution in [0, 0.1) is 6.92 Å². The van der Waals surface area contributed by atoms with Gasteiger partial charge in [0.15, 0.2) is 16.1 Å². The first kappa shape index (κ1) is 21.4. The first-order valence-electron chi connectivity index (χ1n) is 11.1. The summed E-state index contributed by atoms with van der Waals surface area (Å²) in [5.41, 5.74) is 6.49. The molecule has 0 atom stereocenters. The lowest BCUT2D eigenvalue weighted by molar-refractivity contribution is 0.218. The number of furan rings is 1. The van der Waals surface area contributed by atoms with Crippen molar-refractivity contribution in [3.8, 4) is 11.4 Å². The van der Waals surface area contributed by atoms with Crippen LogP contribution in [0.25, 0.3) is 22.4 Å². The number of halogens is 1. The maximum Gasteiger partial charge on any atom is 0.174 e. The standard InChI is InChI=1S/C26H22ClN5OS/c1-16-2-8-22-23(12-16)31-26(30-22)34-24-9-7-20(33-24)15-32-11-10-21-18(14-32)13-28-25(29-21)17-3-5-19(27)6-4-17/h2-9,12-13H,10-11,14-15H2,1H3,(H,30,31). The predicted octanol–water partition coefficient (Wildman–Crippen LogP) is 6.28. The highest BCUT2D eigenvalue weighted by Gasteiger charge is 2.20. The number of imidazole rings is 1. The maximum atomic E-state index is 6.10. The summed E-state index contributed by atoms with van der Waals surface area (Å²) in [6.45, 7) is 4.56. The van der Waals surface area contributed by atoms with E-state index in [2.05, 4.69) is 38.9 Å². The van der Waals surface area contributed by atoms with Crippen molar-refractivity contribution in [2.75, 3.05) is 6.54 Å². The summed E-state index contributed by atoms with van der Waals surface area (Å²) in [7, 11) is 0. The molecule has 0 bridgehead atoms. The molecular formula is C26H22ClN5OS. The van der Waals surface area contributed by atoms with E-state index in [1.807, 2.05) is 48.7 Å². The first-order valence-corrected chi connectivity index (χ1v) is 12.3. The zero-order valence-electron chi connectivity index (χ0n) is 18.6. The van der Waals surface area contributed by atoms with Crippen molar-refractivity contribution in [3.05, 3.63) is 88.4 Å². The highest BCUT2D eigenvalue weighted by Crippen LogP contribution is 2.30. The molecule has 0 saturated carbocycles. The Morgan fingerprint density at radius 3 is 2.85 bits per heavy atom. The number of benzene rings is 2. The normalized spacial score (nSPS) is 13.9. The van der Waals surface area contributed by atoms with E-state index in [0.717, 1.165) is 70.2 Å². The highest BCUT2D eigenvalue weighted by atomic mass is 35.5. The van der Waals surface area contributed by atoms with Gasteiger partial charge in [-0.05, 0) is 72.8 Å². The Labute approximate surface area is 206 Å². The van der Waals surface area contributed by atoms with Crippen LogP contribution in [0.15, 0.2) is 75.5 Å². The molecule has 0 fully saturated rings. The highest BCUT2D eigenvalue weighted by molar-refractivity contribution is 7.99. The molecule has 0 unspecified atom stereocenters. The van der Waals surface area contributed by atoms with Gasteiger partial charge in [-0.15, -0.1) is 0 Å². The quantitative estimate of drug-likeness (QED) is 0.314. The van der Waals surface area contributed by atoms with Gasteiger partial charge in [-0.3, -0.25) is 4.90 Å². The molecule has 1 aliphatic rings. The van der Waals surface area contributed by atoms with Crippen LogP contribution < -0.4 is 0 Å². The minimum Gasteiger partial charge on any atom is -0.453 e. The summed E-state index contributed by atoms with van der Waals surface area (Å²) in [5.74, 6) is 1.69. The summed E-state index contributed by atoms with van der Waals surface area (Å²) < 4.78 is 6.10. The fourth-order valence-corrected chi connectivity index (χ4v) is 5.12. The Kier molecular flexibility index (Phi) is 5.61. The number of fused-ring (bicyclic) bond motifs is 2. The number of nitrogens with one attached hydrogen (secondary N) is 1. The molecule has 0 spiro atoms. The topological polar surface area (TPSA) is 70.8 Å².